The fourth-order valence-electron chi connectivity index (χ4n) is 2.16. The predicted octanol–water partition coefficient (Wildman–Crippen LogP) is 4.05. The van der Waals surface area contributed by atoms with Gasteiger partial charge in [0.1, 0.15) is 11.5 Å². The lowest BCUT2D eigenvalue weighted by Gasteiger charge is -2.09. The number of ether oxygens (including phenoxy) is 2. The fourth-order valence-corrected chi connectivity index (χ4v) is 2.95. The molecule has 0 saturated carbocycles. The minimum Gasteiger partial charge on any atom is -0.497 e. The molecular formula is C18H18N2O2S. The maximum atomic E-state index is 5.71. The highest BCUT2D eigenvalue weighted by Gasteiger charge is 2.06. The van der Waals surface area contributed by atoms with Crippen LogP contribution in [0.15, 0.2) is 72.1 Å². The van der Waals surface area contributed by atoms with Gasteiger partial charge in [-0.1, -0.05) is 36.0 Å². The molecule has 0 unspecified atom stereocenters. The van der Waals surface area contributed by atoms with Crippen molar-refractivity contribution < 1.29 is 9.47 Å². The molecule has 3 aromatic rings. The van der Waals surface area contributed by atoms with Crippen LogP contribution in [-0.2, 0) is 0 Å². The van der Waals surface area contributed by atoms with Crippen molar-refractivity contribution >= 4 is 11.8 Å². The SMILES string of the molecule is COc1cccc(-n2ccnc2SCCOc2ccccc2)c1. The van der Waals surface area contributed by atoms with E-state index >= 15 is 0 Å². The summed E-state index contributed by atoms with van der Waals surface area (Å²) in [6, 6.07) is 17.8. The normalized spacial score (nSPS) is 10.5. The second kappa shape index (κ2) is 7.74. The molecule has 1 aromatic heterocycles. The van der Waals surface area contributed by atoms with E-state index in [1.54, 1.807) is 25.1 Å². The molecule has 0 saturated heterocycles. The van der Waals surface area contributed by atoms with E-state index in [0.717, 1.165) is 28.1 Å². The molecule has 1 heterocycles. The molecule has 2 aromatic carbocycles. The molecule has 5 heteroatoms. The molecular weight excluding hydrogens is 308 g/mol. The van der Waals surface area contributed by atoms with Crippen LogP contribution >= 0.6 is 11.8 Å². The van der Waals surface area contributed by atoms with Gasteiger partial charge in [0, 0.05) is 24.2 Å². The summed E-state index contributed by atoms with van der Waals surface area (Å²) in [5, 5.41) is 0.940. The van der Waals surface area contributed by atoms with Crippen LogP contribution in [0.3, 0.4) is 0 Å². The van der Waals surface area contributed by atoms with Gasteiger partial charge in [0.25, 0.3) is 0 Å². The van der Waals surface area contributed by atoms with Gasteiger partial charge in [0.15, 0.2) is 5.16 Å². The largest absolute Gasteiger partial charge is 0.497 e. The molecule has 4 nitrogen and oxygen atoms in total. The molecule has 0 aliphatic carbocycles. The molecule has 23 heavy (non-hydrogen) atoms. The van der Waals surface area contributed by atoms with Crippen molar-refractivity contribution in [1.82, 2.24) is 9.55 Å². The Hall–Kier alpha value is -2.40. The lowest BCUT2D eigenvalue weighted by Crippen LogP contribution is -2.02. The Kier molecular flexibility index (Phi) is 5.21. The van der Waals surface area contributed by atoms with E-state index in [1.165, 1.54) is 0 Å². The standard InChI is InChI=1S/C18H18N2O2S/c1-21-17-9-5-6-15(14-17)20-11-10-19-18(20)23-13-12-22-16-7-3-2-4-8-16/h2-11,14H,12-13H2,1H3. The predicted molar refractivity (Wildman–Crippen MR) is 92.8 cm³/mol. The number of hydrogen-bond donors (Lipinski definition) is 0. The van der Waals surface area contributed by atoms with Crippen molar-refractivity contribution in [2.75, 3.05) is 19.5 Å². The van der Waals surface area contributed by atoms with E-state index in [4.69, 9.17) is 9.47 Å². The minimum atomic E-state index is 0.639. The van der Waals surface area contributed by atoms with Crippen LogP contribution in [0.5, 0.6) is 11.5 Å². The quantitative estimate of drug-likeness (QED) is 0.485. The summed E-state index contributed by atoms with van der Waals surface area (Å²) >= 11 is 1.67. The number of thioether (sulfide) groups is 1. The van der Waals surface area contributed by atoms with Crippen LogP contribution in [0.4, 0.5) is 0 Å². The third kappa shape index (κ3) is 4.07. The van der Waals surface area contributed by atoms with Gasteiger partial charge in [-0.2, -0.15) is 0 Å². The average molecular weight is 326 g/mol. The topological polar surface area (TPSA) is 36.3 Å². The number of nitrogens with zero attached hydrogens (tertiary/aromatic N) is 2. The van der Waals surface area contributed by atoms with E-state index in [2.05, 4.69) is 9.55 Å². The van der Waals surface area contributed by atoms with Crippen LogP contribution in [0.2, 0.25) is 0 Å². The van der Waals surface area contributed by atoms with Crippen LogP contribution in [0, 0.1) is 0 Å². The maximum Gasteiger partial charge on any atom is 0.172 e. The van der Waals surface area contributed by atoms with Crippen LogP contribution in [0.1, 0.15) is 0 Å². The van der Waals surface area contributed by atoms with E-state index in [-0.39, 0.29) is 0 Å². The van der Waals surface area contributed by atoms with Crippen LogP contribution in [-0.4, -0.2) is 29.0 Å². The van der Waals surface area contributed by atoms with Gasteiger partial charge in [0.05, 0.1) is 19.4 Å². The second-order valence-electron chi connectivity index (χ2n) is 4.79. The van der Waals surface area contributed by atoms with Crippen molar-refractivity contribution in [2.45, 2.75) is 5.16 Å². The maximum absolute atomic E-state index is 5.71. The van der Waals surface area contributed by atoms with Gasteiger partial charge >= 0.3 is 0 Å². The van der Waals surface area contributed by atoms with Crippen molar-refractivity contribution in [2.24, 2.45) is 0 Å². The molecule has 118 valence electrons. The van der Waals surface area contributed by atoms with Crippen molar-refractivity contribution in [3.63, 3.8) is 0 Å². The second-order valence-corrected chi connectivity index (χ2v) is 5.85. The van der Waals surface area contributed by atoms with Gasteiger partial charge in [-0.25, -0.2) is 4.98 Å². The number of aromatic nitrogens is 2. The molecule has 0 fully saturated rings. The zero-order chi connectivity index (χ0) is 15.9. The van der Waals surface area contributed by atoms with Gasteiger partial charge in [0.2, 0.25) is 0 Å². The summed E-state index contributed by atoms with van der Waals surface area (Å²) < 4.78 is 13.0. The molecule has 3 rings (SSSR count). The highest BCUT2D eigenvalue weighted by Crippen LogP contribution is 2.23. The highest BCUT2D eigenvalue weighted by molar-refractivity contribution is 7.99. The van der Waals surface area contributed by atoms with Gasteiger partial charge in [-0.15, -0.1) is 0 Å². The van der Waals surface area contributed by atoms with Crippen molar-refractivity contribution in [3.05, 3.63) is 67.0 Å². The Balaban J connectivity index is 1.60. The smallest absolute Gasteiger partial charge is 0.172 e. The Bertz CT molecular complexity index is 744. The fraction of sp³-hybridized carbons (Fsp3) is 0.167. The first-order chi connectivity index (χ1) is 11.4. The number of para-hydroxylation sites is 1. The van der Waals surface area contributed by atoms with Gasteiger partial charge in [-0.3, -0.25) is 4.57 Å². The summed E-state index contributed by atoms with van der Waals surface area (Å²) in [4.78, 5) is 4.42. The molecule has 0 aliphatic rings. The molecule has 0 bridgehead atoms. The van der Waals surface area contributed by atoms with Crippen LogP contribution < -0.4 is 9.47 Å². The number of benzene rings is 2. The Morgan fingerprint density at radius 2 is 1.87 bits per heavy atom. The molecule has 0 amide bonds. The third-order valence-electron chi connectivity index (χ3n) is 3.26. The summed E-state index contributed by atoms with van der Waals surface area (Å²) in [6.45, 7) is 0.639. The summed E-state index contributed by atoms with van der Waals surface area (Å²) in [5.41, 5.74) is 1.04. The molecule has 0 radical (unpaired) electrons. The van der Waals surface area contributed by atoms with Crippen LogP contribution in [0.25, 0.3) is 5.69 Å². The number of imidazole rings is 1. The van der Waals surface area contributed by atoms with Gasteiger partial charge < -0.3 is 9.47 Å². The lowest BCUT2D eigenvalue weighted by molar-refractivity contribution is 0.344. The van der Waals surface area contributed by atoms with Crippen molar-refractivity contribution in [3.8, 4) is 17.2 Å². The Labute approximate surface area is 140 Å². The monoisotopic (exact) mass is 326 g/mol. The van der Waals surface area contributed by atoms with Crippen molar-refractivity contribution in [1.29, 1.82) is 0 Å². The third-order valence-corrected chi connectivity index (χ3v) is 4.20. The zero-order valence-electron chi connectivity index (χ0n) is 12.9. The average Bonchev–Trinajstić information content (AvgIpc) is 3.08. The zero-order valence-corrected chi connectivity index (χ0v) is 13.7. The minimum absolute atomic E-state index is 0.639. The first-order valence-electron chi connectivity index (χ1n) is 7.35. The number of methoxy groups -OCH3 is 1. The highest BCUT2D eigenvalue weighted by atomic mass is 32.2. The molecule has 0 N–H and O–H groups in total. The number of hydrogen-bond acceptors (Lipinski definition) is 4. The van der Waals surface area contributed by atoms with E-state index in [1.807, 2.05) is 60.8 Å². The lowest BCUT2D eigenvalue weighted by atomic mass is 10.3. The first-order valence-corrected chi connectivity index (χ1v) is 8.34. The summed E-state index contributed by atoms with van der Waals surface area (Å²) in [6.07, 6.45) is 3.76. The Morgan fingerprint density at radius 1 is 1.04 bits per heavy atom. The summed E-state index contributed by atoms with van der Waals surface area (Å²) in [5.74, 6) is 2.55. The van der Waals surface area contributed by atoms with E-state index < -0.39 is 0 Å². The Morgan fingerprint density at radius 3 is 2.70 bits per heavy atom. The molecule has 0 aliphatic heterocycles. The van der Waals surface area contributed by atoms with Gasteiger partial charge in [-0.05, 0) is 24.3 Å². The number of rotatable bonds is 7. The molecule has 0 spiro atoms. The molecule has 0 atom stereocenters. The summed E-state index contributed by atoms with van der Waals surface area (Å²) in [7, 11) is 1.67. The van der Waals surface area contributed by atoms with E-state index in [9.17, 15) is 0 Å². The first kappa shape index (κ1) is 15.5. The van der Waals surface area contributed by atoms with E-state index in [0.29, 0.717) is 6.61 Å².